The lowest BCUT2D eigenvalue weighted by Gasteiger charge is -2.29. The van der Waals surface area contributed by atoms with E-state index in [0.29, 0.717) is 5.92 Å². The first-order chi connectivity index (χ1) is 6.38. The van der Waals surface area contributed by atoms with Crippen molar-refractivity contribution in [2.75, 3.05) is 19.6 Å². The van der Waals surface area contributed by atoms with Crippen molar-refractivity contribution in [2.45, 2.75) is 32.1 Å². The van der Waals surface area contributed by atoms with Gasteiger partial charge in [0.2, 0.25) is 0 Å². The van der Waals surface area contributed by atoms with E-state index in [-0.39, 0.29) is 0 Å². The Morgan fingerprint density at radius 1 is 1.31 bits per heavy atom. The lowest BCUT2D eigenvalue weighted by Crippen LogP contribution is -2.36. The highest BCUT2D eigenvalue weighted by atomic mass is 16.1. The third-order valence-corrected chi connectivity index (χ3v) is 3.28. The number of piperidine rings is 1. The molecule has 1 saturated carbocycles. The zero-order chi connectivity index (χ0) is 9.10. The van der Waals surface area contributed by atoms with Crippen molar-refractivity contribution in [3.63, 3.8) is 0 Å². The summed E-state index contributed by atoms with van der Waals surface area (Å²) in [5, 5.41) is 0. The number of carbonyl (C=O) groups excluding carboxylic acids is 1. The maximum atomic E-state index is 10.6. The zero-order valence-corrected chi connectivity index (χ0v) is 8.24. The smallest absolute Gasteiger partial charge is 0.124 e. The maximum Gasteiger partial charge on any atom is 0.124 e. The molecule has 2 nitrogen and oxygen atoms in total. The summed E-state index contributed by atoms with van der Waals surface area (Å²) in [4.78, 5) is 13.1. The Morgan fingerprint density at radius 2 is 2.15 bits per heavy atom. The quantitative estimate of drug-likeness (QED) is 0.615. The number of hydrogen-bond donors (Lipinski definition) is 0. The molecule has 1 unspecified atom stereocenters. The normalized spacial score (nSPS) is 30.3. The topological polar surface area (TPSA) is 20.3 Å². The van der Waals surface area contributed by atoms with Crippen LogP contribution >= 0.6 is 0 Å². The molecule has 0 amide bonds. The van der Waals surface area contributed by atoms with Gasteiger partial charge in [-0.25, -0.2) is 0 Å². The second-order valence-corrected chi connectivity index (χ2v) is 4.57. The SMILES string of the molecule is O=CC1CCCN(CCC2CC2)C1. The molecule has 0 aromatic rings. The van der Waals surface area contributed by atoms with Crippen molar-refractivity contribution in [1.82, 2.24) is 4.90 Å². The van der Waals surface area contributed by atoms with Gasteiger partial charge in [0, 0.05) is 12.5 Å². The van der Waals surface area contributed by atoms with Crippen LogP contribution in [0, 0.1) is 11.8 Å². The molecule has 1 heterocycles. The number of carbonyl (C=O) groups is 1. The Kier molecular flexibility index (Phi) is 2.99. The second-order valence-electron chi connectivity index (χ2n) is 4.57. The molecule has 2 aliphatic rings. The zero-order valence-electron chi connectivity index (χ0n) is 8.24. The van der Waals surface area contributed by atoms with Crippen LogP contribution in [0.2, 0.25) is 0 Å². The van der Waals surface area contributed by atoms with Crippen molar-refractivity contribution in [1.29, 1.82) is 0 Å². The lowest BCUT2D eigenvalue weighted by atomic mass is 9.99. The van der Waals surface area contributed by atoms with E-state index in [2.05, 4.69) is 4.90 Å². The summed E-state index contributed by atoms with van der Waals surface area (Å²) < 4.78 is 0. The molecular formula is C11H19NO. The van der Waals surface area contributed by atoms with Gasteiger partial charge in [0.15, 0.2) is 0 Å². The average molecular weight is 181 g/mol. The summed E-state index contributed by atoms with van der Waals surface area (Å²) >= 11 is 0. The molecule has 0 aromatic carbocycles. The van der Waals surface area contributed by atoms with E-state index in [4.69, 9.17) is 0 Å². The molecular weight excluding hydrogens is 162 g/mol. The summed E-state index contributed by atoms with van der Waals surface area (Å²) in [6, 6.07) is 0. The van der Waals surface area contributed by atoms with Crippen LogP contribution in [0.1, 0.15) is 32.1 Å². The molecule has 1 saturated heterocycles. The van der Waals surface area contributed by atoms with E-state index in [9.17, 15) is 4.79 Å². The molecule has 0 aromatic heterocycles. The highest BCUT2D eigenvalue weighted by Crippen LogP contribution is 2.32. The van der Waals surface area contributed by atoms with Crippen LogP contribution in [0.5, 0.6) is 0 Å². The molecule has 0 bridgehead atoms. The van der Waals surface area contributed by atoms with E-state index < -0.39 is 0 Å². The molecule has 2 heteroatoms. The monoisotopic (exact) mass is 181 g/mol. The van der Waals surface area contributed by atoms with Gasteiger partial charge in [-0.05, 0) is 38.3 Å². The van der Waals surface area contributed by atoms with Crippen molar-refractivity contribution < 1.29 is 4.79 Å². The van der Waals surface area contributed by atoms with Gasteiger partial charge in [-0.1, -0.05) is 12.8 Å². The third kappa shape index (κ3) is 2.80. The fourth-order valence-electron chi connectivity index (χ4n) is 2.18. The standard InChI is InChI=1S/C11H19NO/c13-9-11-2-1-6-12(8-11)7-5-10-3-4-10/h9-11H,1-8H2. The third-order valence-electron chi connectivity index (χ3n) is 3.28. The van der Waals surface area contributed by atoms with E-state index >= 15 is 0 Å². The number of nitrogens with zero attached hydrogens (tertiary/aromatic N) is 1. The van der Waals surface area contributed by atoms with Gasteiger partial charge in [0.1, 0.15) is 6.29 Å². The number of hydrogen-bond acceptors (Lipinski definition) is 2. The summed E-state index contributed by atoms with van der Waals surface area (Å²) in [6.07, 6.45) is 7.74. The van der Waals surface area contributed by atoms with Crippen LogP contribution in [0.3, 0.4) is 0 Å². The van der Waals surface area contributed by atoms with Crippen LogP contribution in [-0.2, 0) is 4.79 Å². The molecule has 13 heavy (non-hydrogen) atoms. The molecule has 0 spiro atoms. The summed E-state index contributed by atoms with van der Waals surface area (Å²) in [5.41, 5.74) is 0. The van der Waals surface area contributed by atoms with Crippen LogP contribution in [0.25, 0.3) is 0 Å². The lowest BCUT2D eigenvalue weighted by molar-refractivity contribution is -0.112. The van der Waals surface area contributed by atoms with Gasteiger partial charge in [-0.15, -0.1) is 0 Å². The van der Waals surface area contributed by atoms with Crippen LogP contribution in [0.15, 0.2) is 0 Å². The molecule has 1 aliphatic heterocycles. The van der Waals surface area contributed by atoms with E-state index in [1.54, 1.807) is 0 Å². The fourth-order valence-corrected chi connectivity index (χ4v) is 2.18. The Morgan fingerprint density at radius 3 is 2.85 bits per heavy atom. The van der Waals surface area contributed by atoms with E-state index in [1.807, 2.05) is 0 Å². The maximum absolute atomic E-state index is 10.6. The first-order valence-electron chi connectivity index (χ1n) is 5.56. The first-order valence-corrected chi connectivity index (χ1v) is 5.56. The Bertz CT molecular complexity index is 177. The second kappa shape index (κ2) is 4.23. The van der Waals surface area contributed by atoms with Crippen LogP contribution in [0.4, 0.5) is 0 Å². The van der Waals surface area contributed by atoms with Crippen molar-refractivity contribution in [2.24, 2.45) is 11.8 Å². The highest BCUT2D eigenvalue weighted by Gasteiger charge is 2.24. The van der Waals surface area contributed by atoms with E-state index in [1.165, 1.54) is 38.8 Å². The van der Waals surface area contributed by atoms with Gasteiger partial charge >= 0.3 is 0 Å². The minimum Gasteiger partial charge on any atom is -0.303 e. The van der Waals surface area contributed by atoms with Gasteiger partial charge in [0.05, 0.1) is 0 Å². The van der Waals surface area contributed by atoms with Crippen molar-refractivity contribution in [3.05, 3.63) is 0 Å². The van der Waals surface area contributed by atoms with Gasteiger partial charge in [0.25, 0.3) is 0 Å². The molecule has 1 atom stereocenters. The van der Waals surface area contributed by atoms with Crippen LogP contribution in [-0.4, -0.2) is 30.8 Å². The largest absolute Gasteiger partial charge is 0.303 e. The van der Waals surface area contributed by atoms with Gasteiger partial charge in [-0.3, -0.25) is 0 Å². The minimum absolute atomic E-state index is 0.327. The van der Waals surface area contributed by atoms with Crippen molar-refractivity contribution in [3.8, 4) is 0 Å². The predicted molar refractivity (Wildman–Crippen MR) is 52.6 cm³/mol. The number of rotatable bonds is 4. The summed E-state index contributed by atoms with van der Waals surface area (Å²) in [7, 11) is 0. The Labute approximate surface area is 80.3 Å². The fraction of sp³-hybridized carbons (Fsp3) is 0.909. The first kappa shape index (κ1) is 9.20. The van der Waals surface area contributed by atoms with Crippen LogP contribution < -0.4 is 0 Å². The Hall–Kier alpha value is -0.370. The number of aldehydes is 1. The minimum atomic E-state index is 0.327. The number of likely N-dealkylation sites (tertiary alicyclic amines) is 1. The molecule has 2 rings (SSSR count). The van der Waals surface area contributed by atoms with Gasteiger partial charge in [-0.2, -0.15) is 0 Å². The van der Waals surface area contributed by atoms with Crippen molar-refractivity contribution >= 4 is 6.29 Å². The van der Waals surface area contributed by atoms with Gasteiger partial charge < -0.3 is 9.69 Å². The summed E-state index contributed by atoms with van der Waals surface area (Å²) in [6.45, 7) is 3.47. The molecule has 2 fully saturated rings. The molecule has 0 radical (unpaired) electrons. The average Bonchev–Trinajstić information content (AvgIpc) is 2.99. The highest BCUT2D eigenvalue weighted by molar-refractivity contribution is 5.53. The molecule has 0 N–H and O–H groups in total. The predicted octanol–water partition coefficient (Wildman–Crippen LogP) is 1.70. The molecule has 74 valence electrons. The Balaban J connectivity index is 1.68. The summed E-state index contributed by atoms with van der Waals surface area (Å²) in [5.74, 6) is 1.35. The molecule has 1 aliphatic carbocycles. The van der Waals surface area contributed by atoms with E-state index in [0.717, 1.165) is 25.2 Å².